The number of allylic oxidation sites excluding steroid dienone is 3. The normalized spacial score (nSPS) is 23.6. The predicted octanol–water partition coefficient (Wildman–Crippen LogP) is 1.33. The van der Waals surface area contributed by atoms with Crippen LogP contribution in [0.25, 0.3) is 0 Å². The van der Waals surface area contributed by atoms with Gasteiger partial charge in [-0.25, -0.2) is 0 Å². The Labute approximate surface area is 97.2 Å². The number of carbonyl (C=O) groups excluding carboxylic acids is 1. The van der Waals surface area contributed by atoms with Crippen LogP contribution in [-0.4, -0.2) is 37.9 Å². The van der Waals surface area contributed by atoms with Crippen molar-refractivity contribution in [2.45, 2.75) is 19.3 Å². The first kappa shape index (κ1) is 11.4. The van der Waals surface area contributed by atoms with Crippen molar-refractivity contribution in [1.29, 1.82) is 0 Å². The molecule has 0 saturated heterocycles. The number of carbonyl (C=O) groups is 1. The zero-order valence-electron chi connectivity index (χ0n) is 10.1. The number of nitrogens with zero attached hydrogens (tertiary/aromatic N) is 1. The summed E-state index contributed by atoms with van der Waals surface area (Å²) in [5.41, 5.74) is 2.54. The fourth-order valence-electron chi connectivity index (χ4n) is 2.36. The minimum atomic E-state index is 0.0995. The molecule has 0 aromatic carbocycles. The molecule has 88 valence electrons. The molecule has 0 radical (unpaired) electrons. The third-order valence-electron chi connectivity index (χ3n) is 3.29. The van der Waals surface area contributed by atoms with E-state index >= 15 is 0 Å². The second-order valence-electron chi connectivity index (χ2n) is 4.83. The molecule has 3 nitrogen and oxygen atoms in total. The number of hydrogen-bond acceptors (Lipinski definition) is 3. The van der Waals surface area contributed by atoms with Crippen molar-refractivity contribution in [3.8, 4) is 0 Å². The Bertz CT molecular complexity index is 342. The van der Waals surface area contributed by atoms with E-state index in [2.05, 4.69) is 22.4 Å². The highest BCUT2D eigenvalue weighted by molar-refractivity contribution is 5.84. The topological polar surface area (TPSA) is 32.3 Å². The second-order valence-corrected chi connectivity index (χ2v) is 4.83. The van der Waals surface area contributed by atoms with Crippen LogP contribution < -0.4 is 5.32 Å². The van der Waals surface area contributed by atoms with Crippen molar-refractivity contribution in [3.05, 3.63) is 23.4 Å². The van der Waals surface area contributed by atoms with E-state index in [1.54, 1.807) is 0 Å². The van der Waals surface area contributed by atoms with E-state index in [0.29, 0.717) is 12.2 Å². The number of ketones is 1. The van der Waals surface area contributed by atoms with Gasteiger partial charge >= 0.3 is 0 Å². The van der Waals surface area contributed by atoms with Crippen molar-refractivity contribution in [2.24, 2.45) is 5.92 Å². The van der Waals surface area contributed by atoms with Crippen molar-refractivity contribution < 1.29 is 4.79 Å². The van der Waals surface area contributed by atoms with Gasteiger partial charge in [0.05, 0.1) is 5.92 Å². The molecule has 0 bridgehead atoms. The molecular formula is C13H20N2O. The molecule has 0 aromatic rings. The summed E-state index contributed by atoms with van der Waals surface area (Å²) in [7, 11) is 4.01. The SMILES string of the molecule is CN(C)CCC(=O)C1CC=CC2=C1NCC2. The third kappa shape index (κ3) is 2.35. The summed E-state index contributed by atoms with van der Waals surface area (Å²) >= 11 is 0. The molecule has 0 aromatic heterocycles. The highest BCUT2D eigenvalue weighted by Crippen LogP contribution is 2.30. The van der Waals surface area contributed by atoms with Gasteiger partial charge in [-0.3, -0.25) is 4.79 Å². The molecule has 1 unspecified atom stereocenters. The molecule has 1 aliphatic carbocycles. The van der Waals surface area contributed by atoms with Gasteiger partial charge in [-0.15, -0.1) is 0 Å². The largest absolute Gasteiger partial charge is 0.387 e. The van der Waals surface area contributed by atoms with Crippen LogP contribution in [-0.2, 0) is 4.79 Å². The van der Waals surface area contributed by atoms with Crippen LogP contribution in [0.2, 0.25) is 0 Å². The minimum Gasteiger partial charge on any atom is -0.387 e. The molecule has 0 fully saturated rings. The van der Waals surface area contributed by atoms with Gasteiger partial charge in [-0.05, 0) is 32.5 Å². The molecule has 1 N–H and O–H groups in total. The van der Waals surface area contributed by atoms with Gasteiger partial charge in [0.1, 0.15) is 5.78 Å². The molecule has 3 heteroatoms. The van der Waals surface area contributed by atoms with Gasteiger partial charge in [0.2, 0.25) is 0 Å². The second kappa shape index (κ2) is 4.83. The first-order valence-electron chi connectivity index (χ1n) is 5.99. The fraction of sp³-hybridized carbons (Fsp3) is 0.615. The summed E-state index contributed by atoms with van der Waals surface area (Å²) in [6, 6.07) is 0. The zero-order chi connectivity index (χ0) is 11.5. The third-order valence-corrected chi connectivity index (χ3v) is 3.29. The van der Waals surface area contributed by atoms with Crippen LogP contribution >= 0.6 is 0 Å². The van der Waals surface area contributed by atoms with E-state index in [1.807, 2.05) is 14.1 Å². The van der Waals surface area contributed by atoms with Gasteiger partial charge in [0.25, 0.3) is 0 Å². The number of Topliss-reactive ketones (excluding diaryl/α,β-unsaturated/α-hetero) is 1. The minimum absolute atomic E-state index is 0.0995. The first-order valence-corrected chi connectivity index (χ1v) is 5.99. The van der Waals surface area contributed by atoms with E-state index in [0.717, 1.165) is 25.9 Å². The molecule has 1 heterocycles. The van der Waals surface area contributed by atoms with E-state index in [9.17, 15) is 4.79 Å². The van der Waals surface area contributed by atoms with Crippen LogP contribution in [0.1, 0.15) is 19.3 Å². The summed E-state index contributed by atoms with van der Waals surface area (Å²) in [6.45, 7) is 1.84. The van der Waals surface area contributed by atoms with E-state index in [4.69, 9.17) is 0 Å². The lowest BCUT2D eigenvalue weighted by atomic mass is 9.88. The van der Waals surface area contributed by atoms with Crippen LogP contribution in [0.5, 0.6) is 0 Å². The van der Waals surface area contributed by atoms with Crippen molar-refractivity contribution in [3.63, 3.8) is 0 Å². The summed E-state index contributed by atoms with van der Waals surface area (Å²) in [5, 5.41) is 3.37. The summed E-state index contributed by atoms with van der Waals surface area (Å²) in [6.07, 6.45) is 6.92. The molecule has 2 rings (SSSR count). The van der Waals surface area contributed by atoms with Gasteiger partial charge in [-0.1, -0.05) is 12.2 Å². The Morgan fingerprint density at radius 2 is 2.38 bits per heavy atom. The predicted molar refractivity (Wildman–Crippen MR) is 65.1 cm³/mol. The maximum absolute atomic E-state index is 12.1. The van der Waals surface area contributed by atoms with Gasteiger partial charge in [0, 0.05) is 25.2 Å². The van der Waals surface area contributed by atoms with Gasteiger partial charge in [-0.2, -0.15) is 0 Å². The van der Waals surface area contributed by atoms with Gasteiger partial charge in [0.15, 0.2) is 0 Å². The molecule has 1 atom stereocenters. The Balaban J connectivity index is 1.99. The zero-order valence-corrected chi connectivity index (χ0v) is 10.1. The van der Waals surface area contributed by atoms with Crippen LogP contribution in [0.3, 0.4) is 0 Å². The smallest absolute Gasteiger partial charge is 0.143 e. The molecule has 0 amide bonds. The lowest BCUT2D eigenvalue weighted by Crippen LogP contribution is -2.27. The van der Waals surface area contributed by atoms with Gasteiger partial charge < -0.3 is 10.2 Å². The quantitative estimate of drug-likeness (QED) is 0.776. The molecule has 0 saturated carbocycles. The Hall–Kier alpha value is -1.09. The highest BCUT2D eigenvalue weighted by atomic mass is 16.1. The molecular weight excluding hydrogens is 200 g/mol. The van der Waals surface area contributed by atoms with E-state index in [-0.39, 0.29) is 5.92 Å². The van der Waals surface area contributed by atoms with Crippen LogP contribution in [0.15, 0.2) is 23.4 Å². The number of hydrogen-bond donors (Lipinski definition) is 1. The first-order chi connectivity index (χ1) is 7.68. The summed E-state index contributed by atoms with van der Waals surface area (Å²) < 4.78 is 0. The maximum atomic E-state index is 12.1. The number of rotatable bonds is 4. The van der Waals surface area contributed by atoms with Crippen molar-refractivity contribution in [2.75, 3.05) is 27.2 Å². The molecule has 0 spiro atoms. The monoisotopic (exact) mass is 220 g/mol. The van der Waals surface area contributed by atoms with Crippen LogP contribution in [0.4, 0.5) is 0 Å². The molecule has 16 heavy (non-hydrogen) atoms. The number of nitrogens with one attached hydrogen (secondary N) is 1. The average molecular weight is 220 g/mol. The van der Waals surface area contributed by atoms with Crippen LogP contribution in [0, 0.1) is 5.92 Å². The molecule has 2 aliphatic rings. The lowest BCUT2D eigenvalue weighted by Gasteiger charge is -2.21. The maximum Gasteiger partial charge on any atom is 0.143 e. The highest BCUT2D eigenvalue weighted by Gasteiger charge is 2.28. The summed E-state index contributed by atoms with van der Waals surface area (Å²) in [4.78, 5) is 14.2. The fourth-order valence-corrected chi connectivity index (χ4v) is 2.36. The Morgan fingerprint density at radius 3 is 3.12 bits per heavy atom. The Kier molecular flexibility index (Phi) is 3.44. The molecule has 1 aliphatic heterocycles. The van der Waals surface area contributed by atoms with E-state index in [1.165, 1.54) is 11.3 Å². The standard InChI is InChI=1S/C13H20N2O/c1-15(2)9-7-12(16)11-5-3-4-10-6-8-14-13(10)11/h3-4,11,14H,5-9H2,1-2H3. The average Bonchev–Trinajstić information content (AvgIpc) is 2.73. The summed E-state index contributed by atoms with van der Waals surface area (Å²) in [5.74, 6) is 0.474. The van der Waals surface area contributed by atoms with E-state index < -0.39 is 0 Å². The van der Waals surface area contributed by atoms with Crippen molar-refractivity contribution >= 4 is 5.78 Å². The lowest BCUT2D eigenvalue weighted by molar-refractivity contribution is -0.122. The van der Waals surface area contributed by atoms with Crippen molar-refractivity contribution in [1.82, 2.24) is 10.2 Å². The Morgan fingerprint density at radius 1 is 1.56 bits per heavy atom.